The number of fused-ring (bicyclic) bond motifs is 1. The molecule has 2 heterocycles. The number of rotatable bonds is 5. The molecule has 0 atom stereocenters. The Morgan fingerprint density at radius 3 is 2.83 bits per heavy atom. The van der Waals surface area contributed by atoms with E-state index in [2.05, 4.69) is 22.3 Å². The highest BCUT2D eigenvalue weighted by atomic mass is 16.2. The highest BCUT2D eigenvalue weighted by molar-refractivity contribution is 5.99. The van der Waals surface area contributed by atoms with Crippen LogP contribution < -0.4 is 10.9 Å². The molecule has 0 spiro atoms. The molecule has 0 aliphatic carbocycles. The molecule has 3 aromatic rings. The van der Waals surface area contributed by atoms with Crippen molar-refractivity contribution in [1.82, 2.24) is 19.9 Å². The van der Waals surface area contributed by atoms with Gasteiger partial charge in [0.25, 0.3) is 11.5 Å². The molecule has 0 saturated carbocycles. The molecule has 0 unspecified atom stereocenters. The number of hydrogen-bond acceptors (Lipinski definition) is 3. The Morgan fingerprint density at radius 2 is 2.09 bits per heavy atom. The van der Waals surface area contributed by atoms with Crippen LogP contribution >= 0.6 is 0 Å². The van der Waals surface area contributed by atoms with Crippen molar-refractivity contribution < 1.29 is 4.79 Å². The SMILES string of the molecule is CCCCNC(=O)c1c[nH]n2c(=O)cc(-c3ccccc3)nc12. The van der Waals surface area contributed by atoms with Crippen molar-refractivity contribution in [2.75, 3.05) is 6.54 Å². The van der Waals surface area contributed by atoms with Gasteiger partial charge in [0.1, 0.15) is 5.56 Å². The van der Waals surface area contributed by atoms with Gasteiger partial charge in [0.05, 0.1) is 5.69 Å². The number of nitrogens with zero attached hydrogens (tertiary/aromatic N) is 2. The lowest BCUT2D eigenvalue weighted by Gasteiger charge is -2.04. The fourth-order valence-corrected chi connectivity index (χ4v) is 2.38. The second kappa shape index (κ2) is 6.48. The zero-order valence-electron chi connectivity index (χ0n) is 12.9. The molecular weight excluding hydrogens is 292 g/mol. The first-order valence-electron chi connectivity index (χ1n) is 7.65. The summed E-state index contributed by atoms with van der Waals surface area (Å²) in [5, 5.41) is 5.63. The van der Waals surface area contributed by atoms with Gasteiger partial charge in [0.15, 0.2) is 5.65 Å². The average Bonchev–Trinajstić information content (AvgIpc) is 3.00. The molecule has 0 aliphatic heterocycles. The van der Waals surface area contributed by atoms with Gasteiger partial charge in [-0.25, -0.2) is 9.50 Å². The first kappa shape index (κ1) is 15.0. The van der Waals surface area contributed by atoms with Crippen LogP contribution in [0.5, 0.6) is 0 Å². The molecule has 118 valence electrons. The van der Waals surface area contributed by atoms with Crippen molar-refractivity contribution in [2.45, 2.75) is 19.8 Å². The predicted octanol–water partition coefficient (Wildman–Crippen LogP) is 2.22. The lowest BCUT2D eigenvalue weighted by Crippen LogP contribution is -2.24. The highest BCUT2D eigenvalue weighted by Crippen LogP contribution is 2.16. The standard InChI is InChI=1S/C17H18N4O2/c1-2-3-9-18-17(23)13-11-19-21-15(22)10-14(20-16(13)21)12-7-5-4-6-8-12/h4-8,10-11,19H,2-3,9H2,1H3,(H,18,23). The van der Waals surface area contributed by atoms with Crippen molar-refractivity contribution in [2.24, 2.45) is 0 Å². The fourth-order valence-electron chi connectivity index (χ4n) is 2.38. The zero-order valence-corrected chi connectivity index (χ0v) is 12.9. The maximum Gasteiger partial charge on any atom is 0.273 e. The van der Waals surface area contributed by atoms with Crippen LogP contribution in [0.25, 0.3) is 16.9 Å². The second-order valence-corrected chi connectivity index (χ2v) is 5.30. The van der Waals surface area contributed by atoms with E-state index < -0.39 is 0 Å². The van der Waals surface area contributed by atoms with E-state index in [1.54, 1.807) is 0 Å². The summed E-state index contributed by atoms with van der Waals surface area (Å²) >= 11 is 0. The third-order valence-electron chi connectivity index (χ3n) is 3.63. The van der Waals surface area contributed by atoms with Crippen molar-refractivity contribution in [3.05, 3.63) is 58.5 Å². The van der Waals surface area contributed by atoms with Crippen LogP contribution in [-0.4, -0.2) is 27.0 Å². The summed E-state index contributed by atoms with van der Waals surface area (Å²) in [5.41, 5.74) is 1.85. The van der Waals surface area contributed by atoms with Gasteiger partial charge in [0, 0.05) is 24.4 Å². The summed E-state index contributed by atoms with van der Waals surface area (Å²) in [6, 6.07) is 10.9. The largest absolute Gasteiger partial charge is 0.352 e. The average molecular weight is 310 g/mol. The number of carbonyl (C=O) groups excluding carboxylic acids is 1. The minimum Gasteiger partial charge on any atom is -0.352 e. The van der Waals surface area contributed by atoms with Gasteiger partial charge < -0.3 is 5.32 Å². The van der Waals surface area contributed by atoms with Gasteiger partial charge in [-0.3, -0.25) is 14.7 Å². The summed E-state index contributed by atoms with van der Waals surface area (Å²) in [6.07, 6.45) is 3.43. The van der Waals surface area contributed by atoms with Gasteiger partial charge >= 0.3 is 0 Å². The summed E-state index contributed by atoms with van der Waals surface area (Å²) in [6.45, 7) is 2.67. The fraction of sp³-hybridized carbons (Fsp3) is 0.235. The van der Waals surface area contributed by atoms with Crippen LogP contribution in [0.15, 0.2) is 47.4 Å². The van der Waals surface area contributed by atoms with Crippen LogP contribution in [-0.2, 0) is 0 Å². The van der Waals surface area contributed by atoms with Crippen molar-refractivity contribution >= 4 is 11.6 Å². The minimum atomic E-state index is -0.249. The first-order chi connectivity index (χ1) is 11.2. The number of nitrogens with one attached hydrogen (secondary N) is 2. The Labute approximate surface area is 133 Å². The normalized spacial score (nSPS) is 10.8. The zero-order chi connectivity index (χ0) is 16.2. The van der Waals surface area contributed by atoms with E-state index in [1.807, 2.05) is 30.3 Å². The molecule has 0 aliphatic rings. The second-order valence-electron chi connectivity index (χ2n) is 5.30. The molecule has 23 heavy (non-hydrogen) atoms. The van der Waals surface area contributed by atoms with E-state index in [1.165, 1.54) is 16.8 Å². The summed E-state index contributed by atoms with van der Waals surface area (Å²) in [5.74, 6) is -0.227. The first-order valence-corrected chi connectivity index (χ1v) is 7.65. The molecule has 0 saturated heterocycles. The van der Waals surface area contributed by atoms with Crippen LogP contribution in [0.4, 0.5) is 0 Å². The van der Waals surface area contributed by atoms with Crippen LogP contribution in [0.2, 0.25) is 0 Å². The van der Waals surface area contributed by atoms with Gasteiger partial charge in [-0.05, 0) is 6.42 Å². The van der Waals surface area contributed by atoms with E-state index in [4.69, 9.17) is 0 Å². The van der Waals surface area contributed by atoms with E-state index in [0.29, 0.717) is 23.4 Å². The highest BCUT2D eigenvalue weighted by Gasteiger charge is 2.15. The number of carbonyl (C=O) groups is 1. The molecule has 2 N–H and O–H groups in total. The number of benzene rings is 1. The number of H-pyrrole nitrogens is 1. The predicted molar refractivity (Wildman–Crippen MR) is 88.5 cm³/mol. The maximum atomic E-state index is 12.3. The van der Waals surface area contributed by atoms with Crippen molar-refractivity contribution in [3.8, 4) is 11.3 Å². The third-order valence-corrected chi connectivity index (χ3v) is 3.63. The Morgan fingerprint density at radius 1 is 1.30 bits per heavy atom. The van der Waals surface area contributed by atoms with Crippen LogP contribution in [0.1, 0.15) is 30.1 Å². The minimum absolute atomic E-state index is 0.227. The lowest BCUT2D eigenvalue weighted by molar-refractivity contribution is 0.0954. The number of aromatic amines is 1. The number of aromatic nitrogens is 3. The molecule has 0 fully saturated rings. The smallest absolute Gasteiger partial charge is 0.273 e. The van der Waals surface area contributed by atoms with E-state index in [-0.39, 0.29) is 11.5 Å². The third kappa shape index (κ3) is 3.01. The van der Waals surface area contributed by atoms with Crippen molar-refractivity contribution in [1.29, 1.82) is 0 Å². The number of hydrogen-bond donors (Lipinski definition) is 2. The van der Waals surface area contributed by atoms with Gasteiger partial charge in [-0.15, -0.1) is 0 Å². The Bertz CT molecular complexity index is 880. The molecule has 1 aromatic carbocycles. The topological polar surface area (TPSA) is 79.3 Å². The quantitative estimate of drug-likeness (QED) is 0.709. The molecule has 0 radical (unpaired) electrons. The number of amides is 1. The molecule has 6 nitrogen and oxygen atoms in total. The van der Waals surface area contributed by atoms with Crippen LogP contribution in [0, 0.1) is 0 Å². The summed E-state index contributed by atoms with van der Waals surface area (Å²) in [7, 11) is 0. The van der Waals surface area contributed by atoms with Gasteiger partial charge in [0.2, 0.25) is 0 Å². The lowest BCUT2D eigenvalue weighted by atomic mass is 10.1. The molecule has 6 heteroatoms. The Kier molecular flexibility index (Phi) is 4.23. The number of unbranched alkanes of at least 4 members (excludes halogenated alkanes) is 1. The summed E-state index contributed by atoms with van der Waals surface area (Å²) < 4.78 is 1.28. The van der Waals surface area contributed by atoms with E-state index >= 15 is 0 Å². The Hall–Kier alpha value is -2.89. The van der Waals surface area contributed by atoms with Crippen LogP contribution in [0.3, 0.4) is 0 Å². The molecule has 2 aromatic heterocycles. The summed E-state index contributed by atoms with van der Waals surface area (Å²) in [4.78, 5) is 29.0. The van der Waals surface area contributed by atoms with Gasteiger partial charge in [-0.2, -0.15) is 0 Å². The monoisotopic (exact) mass is 310 g/mol. The molecule has 3 rings (SSSR count). The van der Waals surface area contributed by atoms with E-state index in [9.17, 15) is 9.59 Å². The molecule has 1 amide bonds. The maximum absolute atomic E-state index is 12.3. The van der Waals surface area contributed by atoms with E-state index in [0.717, 1.165) is 18.4 Å². The Balaban J connectivity index is 2.03. The van der Waals surface area contributed by atoms with Gasteiger partial charge in [-0.1, -0.05) is 43.7 Å². The van der Waals surface area contributed by atoms with Crippen molar-refractivity contribution in [3.63, 3.8) is 0 Å². The molecule has 0 bridgehead atoms. The molecular formula is C17H18N4O2.